The molecule has 0 amide bonds. The van der Waals surface area contributed by atoms with E-state index in [4.69, 9.17) is 6.13 Å². The number of aryl methyl sites for hydroxylation is 1. The molecule has 2 aromatic carbocycles. The summed E-state index contributed by atoms with van der Waals surface area (Å²) in [6.07, 6.45) is 5.45. The molecule has 3 unspecified atom stereocenters. The zero-order valence-electron chi connectivity index (χ0n) is 13.1. The van der Waals surface area contributed by atoms with Gasteiger partial charge in [0.2, 0.25) is 0 Å². The second kappa shape index (κ2) is 5.37. The van der Waals surface area contributed by atoms with Gasteiger partial charge in [-0.25, -0.2) is 0 Å². The first-order valence-corrected chi connectivity index (χ1v) is 9.83. The van der Waals surface area contributed by atoms with Gasteiger partial charge in [-0.05, 0) is 0 Å². The SMILES string of the molecule is Cc1cc2c(cc1C1Nc3ccc(F)cc3C3C=CCC31)O[I-]O2. The summed E-state index contributed by atoms with van der Waals surface area (Å²) < 4.78 is 25.0. The molecule has 5 heteroatoms. The van der Waals surface area contributed by atoms with Crippen LogP contribution in [0.25, 0.3) is 0 Å². The predicted octanol–water partition coefficient (Wildman–Crippen LogP) is 1.65. The Morgan fingerprint density at radius 3 is 2.83 bits per heavy atom. The van der Waals surface area contributed by atoms with Crippen LogP contribution in [0, 0.1) is 18.7 Å². The summed E-state index contributed by atoms with van der Waals surface area (Å²) in [5.41, 5.74) is 4.54. The summed E-state index contributed by atoms with van der Waals surface area (Å²) in [5, 5.41) is 3.65. The Labute approximate surface area is 151 Å². The number of hydrogen-bond acceptors (Lipinski definition) is 3. The molecule has 0 saturated carbocycles. The van der Waals surface area contributed by atoms with Gasteiger partial charge in [0, 0.05) is 0 Å². The normalized spacial score (nSPS) is 26.3. The third-order valence-corrected chi connectivity index (χ3v) is 6.53. The first-order valence-electron chi connectivity index (χ1n) is 8.06. The Hall–Kier alpha value is -1.76. The van der Waals surface area contributed by atoms with Gasteiger partial charge in [0.05, 0.1) is 0 Å². The van der Waals surface area contributed by atoms with Crippen LogP contribution in [0.1, 0.15) is 35.1 Å². The molecular formula is C19H16FINO2-. The van der Waals surface area contributed by atoms with Crippen molar-refractivity contribution in [1.29, 1.82) is 0 Å². The van der Waals surface area contributed by atoms with Gasteiger partial charge in [0.15, 0.2) is 0 Å². The first kappa shape index (κ1) is 14.6. The van der Waals surface area contributed by atoms with E-state index < -0.39 is 22.0 Å². The summed E-state index contributed by atoms with van der Waals surface area (Å²) in [6, 6.07) is 9.45. The van der Waals surface area contributed by atoms with E-state index in [2.05, 4.69) is 36.5 Å². The number of anilines is 1. The molecule has 0 fully saturated rings. The molecule has 3 nitrogen and oxygen atoms in total. The fourth-order valence-corrected chi connectivity index (χ4v) is 5.26. The molecule has 0 spiro atoms. The van der Waals surface area contributed by atoms with Crippen molar-refractivity contribution in [3.63, 3.8) is 0 Å². The monoisotopic (exact) mass is 436 g/mol. The number of allylic oxidation sites excluding steroid dienone is 2. The summed E-state index contributed by atoms with van der Waals surface area (Å²) in [5.74, 6) is 2.21. The summed E-state index contributed by atoms with van der Waals surface area (Å²) >= 11 is -0.664. The number of fused-ring (bicyclic) bond motifs is 4. The molecule has 0 saturated heterocycles. The molecule has 0 aromatic heterocycles. The van der Waals surface area contributed by atoms with Gasteiger partial charge in [-0.15, -0.1) is 0 Å². The molecule has 1 N–H and O–H groups in total. The van der Waals surface area contributed by atoms with Gasteiger partial charge in [-0.1, -0.05) is 0 Å². The maximum absolute atomic E-state index is 13.7. The Bertz CT molecular complexity index is 867. The Morgan fingerprint density at radius 1 is 1.12 bits per heavy atom. The molecule has 0 radical (unpaired) electrons. The number of hydrogen-bond donors (Lipinski definition) is 1. The van der Waals surface area contributed by atoms with Crippen LogP contribution in [-0.2, 0) is 0 Å². The summed E-state index contributed by atoms with van der Waals surface area (Å²) in [7, 11) is 0. The molecule has 2 heterocycles. The molecule has 3 aliphatic rings. The Kier molecular flexibility index (Phi) is 3.26. The van der Waals surface area contributed by atoms with Crippen molar-refractivity contribution in [1.82, 2.24) is 0 Å². The molecule has 5 rings (SSSR count). The summed E-state index contributed by atoms with van der Waals surface area (Å²) in [4.78, 5) is 0. The molecule has 1 aliphatic carbocycles. The van der Waals surface area contributed by atoms with Crippen LogP contribution in [-0.4, -0.2) is 0 Å². The average molecular weight is 436 g/mol. The average Bonchev–Trinajstić information content (AvgIpc) is 3.22. The first-order chi connectivity index (χ1) is 11.7. The van der Waals surface area contributed by atoms with Gasteiger partial charge in [0.1, 0.15) is 0 Å². The summed E-state index contributed by atoms with van der Waals surface area (Å²) in [6.45, 7) is 2.12. The van der Waals surface area contributed by atoms with Crippen LogP contribution in [0.3, 0.4) is 0 Å². The minimum atomic E-state index is -0.664. The molecule has 124 valence electrons. The van der Waals surface area contributed by atoms with Gasteiger partial charge < -0.3 is 0 Å². The molecule has 2 aromatic rings. The van der Waals surface area contributed by atoms with Crippen LogP contribution in [0.5, 0.6) is 11.5 Å². The van der Waals surface area contributed by atoms with E-state index in [9.17, 15) is 4.39 Å². The second-order valence-electron chi connectivity index (χ2n) is 6.58. The van der Waals surface area contributed by atoms with E-state index in [-0.39, 0.29) is 17.8 Å². The van der Waals surface area contributed by atoms with Crippen molar-refractivity contribution < 1.29 is 32.6 Å². The van der Waals surface area contributed by atoms with Crippen LogP contribution >= 0.6 is 0 Å². The van der Waals surface area contributed by atoms with Crippen LogP contribution in [0.2, 0.25) is 0 Å². The van der Waals surface area contributed by atoms with E-state index in [1.165, 1.54) is 17.2 Å². The van der Waals surface area contributed by atoms with Gasteiger partial charge >= 0.3 is 151 Å². The van der Waals surface area contributed by atoms with Crippen molar-refractivity contribution in [3.05, 3.63) is 65.0 Å². The van der Waals surface area contributed by atoms with Crippen molar-refractivity contribution in [2.45, 2.75) is 25.3 Å². The fraction of sp³-hybridized carbons (Fsp3) is 0.263. The second-order valence-corrected chi connectivity index (χ2v) is 7.82. The topological polar surface area (TPSA) is 30.5 Å². The molecular weight excluding hydrogens is 420 g/mol. The zero-order valence-corrected chi connectivity index (χ0v) is 15.2. The van der Waals surface area contributed by atoms with Crippen LogP contribution in [0.15, 0.2) is 42.5 Å². The predicted molar refractivity (Wildman–Crippen MR) is 85.2 cm³/mol. The minimum absolute atomic E-state index is 0.170. The van der Waals surface area contributed by atoms with E-state index in [1.807, 2.05) is 6.07 Å². The maximum atomic E-state index is 13.7. The van der Waals surface area contributed by atoms with Crippen molar-refractivity contribution in [3.8, 4) is 11.5 Å². The van der Waals surface area contributed by atoms with E-state index in [0.29, 0.717) is 5.92 Å². The van der Waals surface area contributed by atoms with Crippen molar-refractivity contribution >= 4 is 5.69 Å². The van der Waals surface area contributed by atoms with E-state index >= 15 is 0 Å². The zero-order chi connectivity index (χ0) is 16.3. The number of halogens is 2. The third kappa shape index (κ3) is 2.13. The third-order valence-electron chi connectivity index (χ3n) is 5.22. The standard InChI is InChI=1S/C19H16FINO2/c1-10-7-17-18(24-21-23-17)9-14(10)19-13-4-2-3-12(13)15-8-11(20)5-6-16(15)22-19/h2-3,5-9,12-13,19,22H,4H2,1H3/q-1. The number of rotatable bonds is 1. The van der Waals surface area contributed by atoms with Gasteiger partial charge in [0.25, 0.3) is 0 Å². The quantitative estimate of drug-likeness (QED) is 0.545. The Balaban J connectivity index is 1.61. The van der Waals surface area contributed by atoms with Crippen molar-refractivity contribution in [2.24, 2.45) is 5.92 Å². The van der Waals surface area contributed by atoms with E-state index in [1.54, 1.807) is 6.07 Å². The van der Waals surface area contributed by atoms with Gasteiger partial charge in [-0.3, -0.25) is 0 Å². The van der Waals surface area contributed by atoms with Crippen molar-refractivity contribution in [2.75, 3.05) is 5.32 Å². The number of nitrogens with one attached hydrogen (secondary N) is 1. The van der Waals surface area contributed by atoms with Crippen LogP contribution in [0.4, 0.5) is 10.1 Å². The van der Waals surface area contributed by atoms with E-state index in [0.717, 1.165) is 29.2 Å². The molecule has 0 bridgehead atoms. The Morgan fingerprint density at radius 2 is 1.96 bits per heavy atom. The molecule has 2 aliphatic heterocycles. The number of benzene rings is 2. The molecule has 3 atom stereocenters. The van der Waals surface area contributed by atoms with Crippen LogP contribution < -0.4 is 33.5 Å². The molecule has 24 heavy (non-hydrogen) atoms. The van der Waals surface area contributed by atoms with Gasteiger partial charge in [-0.2, -0.15) is 0 Å². The fourth-order valence-electron chi connectivity index (χ4n) is 4.09.